The van der Waals surface area contributed by atoms with E-state index in [1.807, 2.05) is 31.2 Å². The third-order valence-electron chi connectivity index (χ3n) is 4.58. The van der Waals surface area contributed by atoms with Crippen molar-refractivity contribution in [2.24, 2.45) is 0 Å². The molecule has 2 aromatic rings. The zero-order valence-corrected chi connectivity index (χ0v) is 17.4. The molecular formula is C21H26N2O5S. The summed E-state index contributed by atoms with van der Waals surface area (Å²) in [6.45, 7) is 3.57. The first-order valence-electron chi connectivity index (χ1n) is 9.51. The topological polar surface area (TPSA) is 84.9 Å². The van der Waals surface area contributed by atoms with Crippen LogP contribution in [0.2, 0.25) is 0 Å². The normalized spacial score (nSPS) is 16.4. The molecule has 29 heavy (non-hydrogen) atoms. The highest BCUT2D eigenvalue weighted by atomic mass is 32.2. The fraction of sp³-hybridized carbons (Fsp3) is 0.381. The molecule has 1 N–H and O–H groups in total. The first-order chi connectivity index (χ1) is 13.8. The summed E-state index contributed by atoms with van der Waals surface area (Å²) in [6.07, 6.45) is 2.94. The van der Waals surface area contributed by atoms with Crippen molar-refractivity contribution in [3.8, 4) is 5.75 Å². The Hall–Kier alpha value is -2.58. The third kappa shape index (κ3) is 6.76. The van der Waals surface area contributed by atoms with Gasteiger partial charge in [0.25, 0.3) is 0 Å². The molecule has 0 bridgehead atoms. The Bertz CT molecular complexity index is 921. The van der Waals surface area contributed by atoms with Gasteiger partial charge >= 0.3 is 16.1 Å². The minimum atomic E-state index is -3.57. The summed E-state index contributed by atoms with van der Waals surface area (Å²) in [5.41, 5.74) is 2.72. The van der Waals surface area contributed by atoms with E-state index in [0.717, 1.165) is 42.5 Å². The second kappa shape index (κ2) is 9.28. The maximum Gasteiger partial charge on any atom is 0.322 e. The summed E-state index contributed by atoms with van der Waals surface area (Å²) in [6, 6.07) is 14.1. The van der Waals surface area contributed by atoms with E-state index in [1.54, 1.807) is 29.2 Å². The van der Waals surface area contributed by atoms with Gasteiger partial charge in [-0.3, -0.25) is 0 Å². The smallest absolute Gasteiger partial charge is 0.322 e. The quantitative estimate of drug-likeness (QED) is 0.695. The number of benzene rings is 2. The molecule has 8 heteroatoms. The number of rotatable bonds is 7. The van der Waals surface area contributed by atoms with Crippen LogP contribution in [0.3, 0.4) is 0 Å². The Morgan fingerprint density at radius 2 is 1.86 bits per heavy atom. The van der Waals surface area contributed by atoms with Gasteiger partial charge in [0.05, 0.1) is 12.4 Å². The van der Waals surface area contributed by atoms with Crippen LogP contribution < -0.4 is 9.50 Å². The largest absolute Gasteiger partial charge is 0.383 e. The van der Waals surface area contributed by atoms with Crippen LogP contribution in [-0.2, 0) is 21.4 Å². The highest BCUT2D eigenvalue weighted by Gasteiger charge is 2.23. The Kier molecular flexibility index (Phi) is 6.76. The first-order valence-corrected chi connectivity index (χ1v) is 11.3. The van der Waals surface area contributed by atoms with E-state index in [1.165, 1.54) is 0 Å². The molecule has 0 aromatic heterocycles. The number of aryl methyl sites for hydroxylation is 1. The first kappa shape index (κ1) is 21.1. The van der Waals surface area contributed by atoms with E-state index in [-0.39, 0.29) is 17.9 Å². The molecule has 0 spiro atoms. The van der Waals surface area contributed by atoms with Gasteiger partial charge < -0.3 is 19.1 Å². The van der Waals surface area contributed by atoms with Gasteiger partial charge in [-0.2, -0.15) is 8.42 Å². The van der Waals surface area contributed by atoms with Crippen molar-refractivity contribution in [3.05, 3.63) is 59.7 Å². The van der Waals surface area contributed by atoms with Crippen molar-refractivity contribution in [2.75, 3.05) is 24.7 Å². The summed E-state index contributed by atoms with van der Waals surface area (Å²) in [5, 5.41) is 2.93. The van der Waals surface area contributed by atoms with Gasteiger partial charge in [0.2, 0.25) is 0 Å². The number of anilines is 1. The third-order valence-corrected chi connectivity index (χ3v) is 5.08. The fourth-order valence-electron chi connectivity index (χ4n) is 3.14. The second-order valence-electron chi connectivity index (χ2n) is 7.24. The second-order valence-corrected chi connectivity index (χ2v) is 8.82. The predicted molar refractivity (Wildman–Crippen MR) is 111 cm³/mol. The van der Waals surface area contributed by atoms with Gasteiger partial charge in [0.15, 0.2) is 0 Å². The molecule has 0 saturated carbocycles. The van der Waals surface area contributed by atoms with Crippen molar-refractivity contribution in [1.29, 1.82) is 0 Å². The number of nitrogens with zero attached hydrogens (tertiary/aromatic N) is 1. The maximum absolute atomic E-state index is 12.9. The number of carbonyl (C=O) groups is 1. The van der Waals surface area contributed by atoms with Crippen LogP contribution in [-0.4, -0.2) is 44.9 Å². The number of carbonyl (C=O) groups excluding carboxylic acids is 1. The highest BCUT2D eigenvalue weighted by Crippen LogP contribution is 2.19. The molecule has 1 heterocycles. The van der Waals surface area contributed by atoms with E-state index in [2.05, 4.69) is 5.32 Å². The molecule has 3 rings (SSSR count). The zero-order chi connectivity index (χ0) is 20.9. The van der Waals surface area contributed by atoms with Gasteiger partial charge in [0, 0.05) is 25.4 Å². The van der Waals surface area contributed by atoms with E-state index >= 15 is 0 Å². The van der Waals surface area contributed by atoms with Gasteiger partial charge in [-0.05, 0) is 49.6 Å². The lowest BCUT2D eigenvalue weighted by molar-refractivity contribution is 0.0819. The molecule has 156 valence electrons. The van der Waals surface area contributed by atoms with Crippen LogP contribution >= 0.6 is 0 Å². The molecule has 1 fully saturated rings. The van der Waals surface area contributed by atoms with Gasteiger partial charge in [0.1, 0.15) is 5.75 Å². The molecular weight excluding hydrogens is 392 g/mol. The lowest BCUT2D eigenvalue weighted by Crippen LogP contribution is -2.39. The van der Waals surface area contributed by atoms with E-state index < -0.39 is 10.1 Å². The minimum absolute atomic E-state index is 0.0200. The lowest BCUT2D eigenvalue weighted by Gasteiger charge is -2.26. The van der Waals surface area contributed by atoms with Crippen molar-refractivity contribution in [1.82, 2.24) is 4.90 Å². The maximum atomic E-state index is 12.9. The van der Waals surface area contributed by atoms with Crippen LogP contribution in [0.4, 0.5) is 10.5 Å². The molecule has 0 unspecified atom stereocenters. The summed E-state index contributed by atoms with van der Waals surface area (Å²) in [4.78, 5) is 14.6. The molecule has 1 aliphatic heterocycles. The average Bonchev–Trinajstić information content (AvgIpc) is 3.16. The van der Waals surface area contributed by atoms with Crippen molar-refractivity contribution >= 4 is 21.8 Å². The fourth-order valence-corrected chi connectivity index (χ4v) is 3.60. The van der Waals surface area contributed by atoms with E-state index in [9.17, 15) is 13.2 Å². The molecule has 2 amide bonds. The Morgan fingerprint density at radius 1 is 1.17 bits per heavy atom. The van der Waals surface area contributed by atoms with Crippen LogP contribution in [0, 0.1) is 6.92 Å². The van der Waals surface area contributed by atoms with Crippen LogP contribution in [0.5, 0.6) is 5.75 Å². The summed E-state index contributed by atoms with van der Waals surface area (Å²) in [5.74, 6) is 0.242. The summed E-state index contributed by atoms with van der Waals surface area (Å²) >= 11 is 0. The molecule has 1 aliphatic rings. The number of hydrogen-bond donors (Lipinski definition) is 1. The number of amides is 2. The number of hydrogen-bond acceptors (Lipinski definition) is 5. The van der Waals surface area contributed by atoms with Crippen LogP contribution in [0.15, 0.2) is 48.5 Å². The molecule has 2 aromatic carbocycles. The van der Waals surface area contributed by atoms with Crippen LogP contribution in [0.25, 0.3) is 0 Å². The number of urea groups is 1. The van der Waals surface area contributed by atoms with E-state index in [4.69, 9.17) is 8.92 Å². The Labute approximate surface area is 171 Å². The molecule has 1 atom stereocenters. The van der Waals surface area contributed by atoms with Crippen molar-refractivity contribution in [2.45, 2.75) is 32.4 Å². The average molecular weight is 419 g/mol. The van der Waals surface area contributed by atoms with E-state index in [0.29, 0.717) is 13.1 Å². The van der Waals surface area contributed by atoms with Crippen LogP contribution in [0.1, 0.15) is 24.0 Å². The SMILES string of the molecule is Cc1ccc(NC(=O)N(Cc2ccc(OS(C)(=O)=O)cc2)C[C@@H]2CCCO2)cc1. The van der Waals surface area contributed by atoms with Gasteiger partial charge in [-0.15, -0.1) is 0 Å². The highest BCUT2D eigenvalue weighted by molar-refractivity contribution is 7.86. The van der Waals surface area contributed by atoms with Gasteiger partial charge in [-0.25, -0.2) is 4.79 Å². The Balaban J connectivity index is 1.70. The van der Waals surface area contributed by atoms with Crippen molar-refractivity contribution in [3.63, 3.8) is 0 Å². The monoisotopic (exact) mass is 418 g/mol. The number of nitrogens with one attached hydrogen (secondary N) is 1. The molecule has 1 saturated heterocycles. The van der Waals surface area contributed by atoms with Crippen molar-refractivity contribution < 1.29 is 22.1 Å². The standard InChI is InChI=1S/C21H26N2O5S/c1-16-5-9-18(10-6-16)22-21(24)23(15-20-4-3-13-27-20)14-17-7-11-19(12-8-17)28-29(2,25)26/h5-12,20H,3-4,13-15H2,1-2H3,(H,22,24)/t20-/m0/s1. The summed E-state index contributed by atoms with van der Waals surface area (Å²) in [7, 11) is -3.57. The zero-order valence-electron chi connectivity index (χ0n) is 16.6. The predicted octanol–water partition coefficient (Wildman–Crippen LogP) is 3.55. The molecule has 0 radical (unpaired) electrons. The van der Waals surface area contributed by atoms with Gasteiger partial charge in [-0.1, -0.05) is 29.8 Å². The summed E-state index contributed by atoms with van der Waals surface area (Å²) < 4.78 is 33.1. The minimum Gasteiger partial charge on any atom is -0.383 e. The number of ether oxygens (including phenoxy) is 1. The molecule has 0 aliphatic carbocycles. The lowest BCUT2D eigenvalue weighted by atomic mass is 10.2. The molecule has 7 nitrogen and oxygen atoms in total. The Morgan fingerprint density at radius 3 is 2.45 bits per heavy atom.